The number of nitrogens with one attached hydrogen (secondary N) is 1. The van der Waals surface area contributed by atoms with Crippen LogP contribution in [0.2, 0.25) is 0 Å². The summed E-state index contributed by atoms with van der Waals surface area (Å²) in [7, 11) is 0. The van der Waals surface area contributed by atoms with Crippen molar-refractivity contribution in [3.8, 4) is 0 Å². The molecule has 3 rings (SSSR count). The van der Waals surface area contributed by atoms with Crippen LogP contribution in [0.5, 0.6) is 0 Å². The fraction of sp³-hybridized carbons (Fsp3) is 0.0909. The monoisotopic (exact) mass is 308 g/mol. The number of carbonyl (C=O) groups is 1. The Balaban J connectivity index is 1.84. The molecular formula is C11H8N4O5S. The smallest absolute Gasteiger partial charge is 0.372 e. The molecule has 0 saturated carbocycles. The van der Waals surface area contributed by atoms with E-state index in [1.165, 1.54) is 27.9 Å². The lowest BCUT2D eigenvalue weighted by Gasteiger charge is -2.00. The van der Waals surface area contributed by atoms with Gasteiger partial charge in [0.05, 0.1) is 6.54 Å². The highest BCUT2D eigenvalue weighted by Crippen LogP contribution is 2.28. The molecule has 10 heteroatoms. The second-order valence-corrected chi connectivity index (χ2v) is 4.89. The normalized spacial score (nSPS) is 10.9. The molecule has 108 valence electrons. The molecule has 0 aromatic carbocycles. The summed E-state index contributed by atoms with van der Waals surface area (Å²) in [5, 5.41) is 24.3. The summed E-state index contributed by atoms with van der Waals surface area (Å²) in [5.41, 5.74) is 0. The molecule has 3 heterocycles. The average Bonchev–Trinajstić information content (AvgIpc) is 3.10. The van der Waals surface area contributed by atoms with Crippen LogP contribution in [0.3, 0.4) is 0 Å². The first-order valence-corrected chi connectivity index (χ1v) is 6.60. The molecule has 0 aliphatic heterocycles. The number of nitro groups is 1. The van der Waals surface area contributed by atoms with Crippen molar-refractivity contribution in [3.05, 3.63) is 45.3 Å². The van der Waals surface area contributed by atoms with Crippen LogP contribution in [-0.4, -0.2) is 25.4 Å². The van der Waals surface area contributed by atoms with Gasteiger partial charge in [-0.2, -0.15) is 9.38 Å². The number of nitrogens with zero attached hydrogens (tertiary/aromatic N) is 3. The maximum Gasteiger partial charge on any atom is 0.372 e. The van der Waals surface area contributed by atoms with Gasteiger partial charge < -0.3 is 25.0 Å². The Labute approximate surface area is 120 Å². The van der Waals surface area contributed by atoms with Gasteiger partial charge in [-0.05, 0) is 17.1 Å². The van der Waals surface area contributed by atoms with Crippen molar-refractivity contribution in [2.75, 3.05) is 5.32 Å². The Hall–Kier alpha value is -2.88. The van der Waals surface area contributed by atoms with Crippen molar-refractivity contribution in [2.45, 2.75) is 6.54 Å². The number of hydrogen-bond acceptors (Lipinski definition) is 7. The summed E-state index contributed by atoms with van der Waals surface area (Å²) in [4.78, 5) is 25.9. The zero-order chi connectivity index (χ0) is 15.0. The summed E-state index contributed by atoms with van der Waals surface area (Å²) in [6, 6.07) is 2.81. The molecule has 0 radical (unpaired) electrons. The quantitative estimate of drug-likeness (QED) is 0.547. The predicted molar refractivity (Wildman–Crippen MR) is 72.7 cm³/mol. The van der Waals surface area contributed by atoms with E-state index in [-0.39, 0.29) is 23.9 Å². The van der Waals surface area contributed by atoms with E-state index in [2.05, 4.69) is 10.3 Å². The summed E-state index contributed by atoms with van der Waals surface area (Å²) < 4.78 is 6.43. The molecular weight excluding hydrogens is 300 g/mol. The van der Waals surface area contributed by atoms with Gasteiger partial charge in [0.25, 0.3) is 4.96 Å². The van der Waals surface area contributed by atoms with Crippen LogP contribution in [0.4, 0.5) is 11.6 Å². The minimum Gasteiger partial charge on any atom is -0.475 e. The third kappa shape index (κ3) is 2.31. The Kier molecular flexibility index (Phi) is 3.06. The summed E-state index contributed by atoms with van der Waals surface area (Å²) in [5.74, 6) is -1.07. The molecule has 2 N–H and O–H groups in total. The SMILES string of the molecule is O=C(O)c1ccc(CNc2nc3sccn3c2[N+](=O)[O-])o1. The van der Waals surface area contributed by atoms with Gasteiger partial charge in [-0.25, -0.2) is 4.79 Å². The van der Waals surface area contributed by atoms with Crippen LogP contribution in [0.25, 0.3) is 4.96 Å². The fourth-order valence-electron chi connectivity index (χ4n) is 1.83. The van der Waals surface area contributed by atoms with Crippen molar-refractivity contribution in [1.29, 1.82) is 0 Å². The number of furan rings is 1. The summed E-state index contributed by atoms with van der Waals surface area (Å²) in [6.45, 7) is 0.0962. The molecule has 0 bridgehead atoms. The molecule has 3 aromatic rings. The Bertz CT molecular complexity index is 833. The van der Waals surface area contributed by atoms with Gasteiger partial charge in [-0.15, -0.1) is 0 Å². The first-order chi connectivity index (χ1) is 10.1. The van der Waals surface area contributed by atoms with Crippen molar-refractivity contribution >= 4 is 33.9 Å². The number of anilines is 1. The first-order valence-electron chi connectivity index (χ1n) is 5.72. The number of aromatic nitrogens is 2. The molecule has 9 nitrogen and oxygen atoms in total. The number of carboxylic acids is 1. The van der Waals surface area contributed by atoms with E-state index in [4.69, 9.17) is 9.52 Å². The number of imidazole rings is 1. The summed E-state index contributed by atoms with van der Waals surface area (Å²) in [6.07, 6.45) is 1.56. The van der Waals surface area contributed by atoms with Crippen LogP contribution in [-0.2, 0) is 6.54 Å². The van der Waals surface area contributed by atoms with E-state index in [0.717, 1.165) is 0 Å². The van der Waals surface area contributed by atoms with E-state index in [0.29, 0.717) is 10.7 Å². The van der Waals surface area contributed by atoms with Gasteiger partial charge in [-0.3, -0.25) is 0 Å². The van der Waals surface area contributed by atoms with Gasteiger partial charge >= 0.3 is 11.8 Å². The lowest BCUT2D eigenvalue weighted by atomic mass is 10.4. The molecule has 0 atom stereocenters. The fourth-order valence-corrected chi connectivity index (χ4v) is 2.53. The third-order valence-electron chi connectivity index (χ3n) is 2.71. The summed E-state index contributed by atoms with van der Waals surface area (Å²) >= 11 is 1.28. The van der Waals surface area contributed by atoms with Crippen LogP contribution < -0.4 is 5.32 Å². The third-order valence-corrected chi connectivity index (χ3v) is 3.47. The molecule has 21 heavy (non-hydrogen) atoms. The molecule has 0 saturated heterocycles. The van der Waals surface area contributed by atoms with E-state index in [1.54, 1.807) is 11.6 Å². The molecule has 0 unspecified atom stereocenters. The number of carboxylic acid groups (broad SMARTS) is 1. The Morgan fingerprint density at radius 2 is 2.38 bits per heavy atom. The minimum absolute atomic E-state index is 0.0962. The second-order valence-electron chi connectivity index (χ2n) is 4.02. The number of fused-ring (bicyclic) bond motifs is 1. The van der Waals surface area contributed by atoms with Gasteiger partial charge in [0, 0.05) is 5.38 Å². The van der Waals surface area contributed by atoms with Crippen molar-refractivity contribution in [1.82, 2.24) is 9.38 Å². The standard InChI is InChI=1S/C11H8N4O5S/c16-10(17)7-2-1-6(20-7)5-12-8-9(15(18)19)14-3-4-21-11(14)13-8/h1-4,12H,5H2,(H,16,17). The highest BCUT2D eigenvalue weighted by atomic mass is 32.1. The number of aromatic carboxylic acids is 1. The number of thiazole rings is 1. The Morgan fingerprint density at radius 1 is 1.57 bits per heavy atom. The molecule has 0 aliphatic rings. The van der Waals surface area contributed by atoms with Crippen molar-refractivity contribution in [2.24, 2.45) is 0 Å². The lowest BCUT2D eigenvalue weighted by Crippen LogP contribution is -2.02. The van der Waals surface area contributed by atoms with Crippen molar-refractivity contribution in [3.63, 3.8) is 0 Å². The molecule has 0 amide bonds. The van der Waals surface area contributed by atoms with E-state index in [1.807, 2.05) is 0 Å². The van der Waals surface area contributed by atoms with Crippen LogP contribution in [0, 0.1) is 10.1 Å². The highest BCUT2D eigenvalue weighted by molar-refractivity contribution is 7.15. The van der Waals surface area contributed by atoms with Gasteiger partial charge in [0.2, 0.25) is 11.6 Å². The Morgan fingerprint density at radius 3 is 3.05 bits per heavy atom. The largest absolute Gasteiger partial charge is 0.475 e. The van der Waals surface area contributed by atoms with E-state index in [9.17, 15) is 14.9 Å². The predicted octanol–water partition coefficient (Wildman–Crippen LogP) is 2.21. The van der Waals surface area contributed by atoms with E-state index < -0.39 is 10.9 Å². The van der Waals surface area contributed by atoms with Crippen molar-refractivity contribution < 1.29 is 19.2 Å². The molecule has 0 aliphatic carbocycles. The first kappa shape index (κ1) is 13.1. The second kappa shape index (κ2) is 4.90. The topological polar surface area (TPSA) is 123 Å². The van der Waals surface area contributed by atoms with Gasteiger partial charge in [0.15, 0.2) is 0 Å². The average molecular weight is 308 g/mol. The van der Waals surface area contributed by atoms with E-state index >= 15 is 0 Å². The van der Waals surface area contributed by atoms with Gasteiger partial charge in [0.1, 0.15) is 12.0 Å². The zero-order valence-electron chi connectivity index (χ0n) is 10.3. The lowest BCUT2D eigenvalue weighted by molar-refractivity contribution is -0.389. The highest BCUT2D eigenvalue weighted by Gasteiger charge is 2.23. The van der Waals surface area contributed by atoms with Gasteiger partial charge in [-0.1, -0.05) is 11.3 Å². The maximum absolute atomic E-state index is 11.1. The molecule has 0 fully saturated rings. The molecule has 0 spiro atoms. The maximum atomic E-state index is 11.1. The number of rotatable bonds is 5. The number of hydrogen-bond donors (Lipinski definition) is 2. The zero-order valence-corrected chi connectivity index (χ0v) is 11.2. The van der Waals surface area contributed by atoms with Crippen LogP contribution >= 0.6 is 11.3 Å². The minimum atomic E-state index is -1.17. The molecule has 3 aromatic heterocycles. The van der Waals surface area contributed by atoms with Crippen LogP contribution in [0.1, 0.15) is 16.3 Å². The van der Waals surface area contributed by atoms with Crippen LogP contribution in [0.15, 0.2) is 28.1 Å².